The molecule has 0 saturated carbocycles. The lowest BCUT2D eigenvalue weighted by atomic mass is 10.2. The summed E-state index contributed by atoms with van der Waals surface area (Å²) >= 11 is 4.90. The number of ether oxygens (including phenoxy) is 2. The molecule has 0 aliphatic rings. The Hall–Kier alpha value is -2.19. The van der Waals surface area contributed by atoms with Crippen molar-refractivity contribution in [1.82, 2.24) is 10.1 Å². The summed E-state index contributed by atoms with van der Waals surface area (Å²) in [6, 6.07) is 8.61. The van der Waals surface area contributed by atoms with Gasteiger partial charge in [-0.1, -0.05) is 11.2 Å². The second-order valence-electron chi connectivity index (χ2n) is 4.45. The molecule has 2 heterocycles. The molecule has 3 aromatic rings. The fourth-order valence-corrected chi connectivity index (χ4v) is 3.17. The zero-order valence-electron chi connectivity index (χ0n) is 12.0. The largest absolute Gasteiger partial charge is 0.484 e. The van der Waals surface area contributed by atoms with Crippen LogP contribution in [-0.2, 0) is 11.3 Å². The summed E-state index contributed by atoms with van der Waals surface area (Å²) in [6.45, 7) is 0.115. The highest BCUT2D eigenvalue weighted by Gasteiger charge is 2.12. The maximum atomic E-state index is 11.5. The lowest BCUT2D eigenvalue weighted by Gasteiger charge is -2.04. The minimum Gasteiger partial charge on any atom is -0.484 e. The monoisotopic (exact) mass is 394 g/mol. The van der Waals surface area contributed by atoms with Gasteiger partial charge in [0.05, 0.1) is 17.6 Å². The molecule has 0 aliphatic carbocycles. The molecule has 1 aromatic carbocycles. The Morgan fingerprint density at radius 3 is 3.00 bits per heavy atom. The lowest BCUT2D eigenvalue weighted by Crippen LogP contribution is -2.02. The Morgan fingerprint density at radius 2 is 2.26 bits per heavy atom. The molecule has 118 valence electrons. The van der Waals surface area contributed by atoms with Gasteiger partial charge in [-0.3, -0.25) is 0 Å². The van der Waals surface area contributed by atoms with Crippen LogP contribution in [0.25, 0.3) is 10.7 Å². The van der Waals surface area contributed by atoms with E-state index in [4.69, 9.17) is 9.26 Å². The van der Waals surface area contributed by atoms with Gasteiger partial charge in [-0.15, -0.1) is 11.3 Å². The number of carbonyl (C=O) groups excluding carboxylic acids is 1. The van der Waals surface area contributed by atoms with Crippen molar-refractivity contribution in [3.05, 3.63) is 51.6 Å². The number of halogens is 1. The van der Waals surface area contributed by atoms with Crippen LogP contribution >= 0.6 is 27.3 Å². The van der Waals surface area contributed by atoms with Crippen LogP contribution in [0.3, 0.4) is 0 Å². The number of thiophene rings is 1. The molecular formula is C15H11BrN2O4S. The number of aromatic nitrogens is 2. The van der Waals surface area contributed by atoms with E-state index in [0.717, 1.165) is 9.35 Å². The predicted octanol–water partition coefficient (Wildman–Crippen LogP) is 3.93. The molecular weight excluding hydrogens is 384 g/mol. The second kappa shape index (κ2) is 6.93. The van der Waals surface area contributed by atoms with Crippen LogP contribution < -0.4 is 4.74 Å². The first-order valence-corrected chi connectivity index (χ1v) is 8.21. The van der Waals surface area contributed by atoms with E-state index in [1.54, 1.807) is 24.3 Å². The van der Waals surface area contributed by atoms with E-state index in [1.807, 2.05) is 11.4 Å². The van der Waals surface area contributed by atoms with E-state index in [9.17, 15) is 4.79 Å². The van der Waals surface area contributed by atoms with Gasteiger partial charge in [0.2, 0.25) is 5.82 Å². The molecule has 0 N–H and O–H groups in total. The van der Waals surface area contributed by atoms with Crippen molar-refractivity contribution < 1.29 is 18.8 Å². The first-order valence-electron chi connectivity index (χ1n) is 6.54. The Balaban J connectivity index is 1.67. The van der Waals surface area contributed by atoms with Crippen molar-refractivity contribution >= 4 is 33.2 Å². The lowest BCUT2D eigenvalue weighted by molar-refractivity contribution is 0.0600. The van der Waals surface area contributed by atoms with Crippen LogP contribution in [0.1, 0.15) is 16.2 Å². The van der Waals surface area contributed by atoms with E-state index in [1.165, 1.54) is 18.4 Å². The van der Waals surface area contributed by atoms with Gasteiger partial charge in [-0.25, -0.2) is 4.79 Å². The van der Waals surface area contributed by atoms with Crippen LogP contribution in [-0.4, -0.2) is 23.2 Å². The molecule has 6 nitrogen and oxygen atoms in total. The highest BCUT2D eigenvalue weighted by molar-refractivity contribution is 9.10. The van der Waals surface area contributed by atoms with Gasteiger partial charge in [0, 0.05) is 9.85 Å². The van der Waals surface area contributed by atoms with Gasteiger partial charge in [0.25, 0.3) is 5.89 Å². The summed E-state index contributed by atoms with van der Waals surface area (Å²) in [4.78, 5) is 16.7. The third-order valence-electron chi connectivity index (χ3n) is 2.87. The van der Waals surface area contributed by atoms with Gasteiger partial charge in [0.15, 0.2) is 6.61 Å². The Kier molecular flexibility index (Phi) is 4.73. The van der Waals surface area contributed by atoms with Crippen molar-refractivity contribution in [3.63, 3.8) is 0 Å². The van der Waals surface area contributed by atoms with E-state index in [-0.39, 0.29) is 6.61 Å². The zero-order valence-corrected chi connectivity index (χ0v) is 14.4. The van der Waals surface area contributed by atoms with Crippen LogP contribution in [0, 0.1) is 0 Å². The fraction of sp³-hybridized carbons (Fsp3) is 0.133. The topological polar surface area (TPSA) is 74.5 Å². The van der Waals surface area contributed by atoms with Crippen molar-refractivity contribution in [2.75, 3.05) is 7.11 Å². The molecule has 0 bridgehead atoms. The number of hydrogen-bond acceptors (Lipinski definition) is 7. The molecule has 2 aromatic heterocycles. The number of benzene rings is 1. The fourth-order valence-electron chi connectivity index (χ4n) is 1.82. The first kappa shape index (κ1) is 15.7. The minimum atomic E-state index is -0.418. The molecule has 8 heteroatoms. The number of hydrogen-bond donors (Lipinski definition) is 0. The van der Waals surface area contributed by atoms with E-state index in [2.05, 4.69) is 30.8 Å². The molecule has 0 radical (unpaired) electrons. The SMILES string of the molecule is COC(=O)c1cccc(OCc2nc(-c3cc(Br)cs3)no2)c1. The average Bonchev–Trinajstić information content (AvgIpc) is 3.21. The molecule has 0 fully saturated rings. The zero-order chi connectivity index (χ0) is 16.2. The van der Waals surface area contributed by atoms with Gasteiger partial charge in [0.1, 0.15) is 5.75 Å². The minimum absolute atomic E-state index is 0.115. The number of nitrogens with zero attached hydrogens (tertiary/aromatic N) is 2. The maximum absolute atomic E-state index is 11.5. The molecule has 0 amide bonds. The van der Waals surface area contributed by atoms with Crippen LogP contribution in [0.2, 0.25) is 0 Å². The quantitative estimate of drug-likeness (QED) is 0.610. The number of esters is 1. The number of rotatable bonds is 5. The molecule has 0 atom stereocenters. The Morgan fingerprint density at radius 1 is 1.39 bits per heavy atom. The maximum Gasteiger partial charge on any atom is 0.337 e. The summed E-state index contributed by atoms with van der Waals surface area (Å²) in [6.07, 6.45) is 0. The molecule has 3 rings (SSSR count). The van der Waals surface area contributed by atoms with Gasteiger partial charge >= 0.3 is 5.97 Å². The van der Waals surface area contributed by atoms with Gasteiger partial charge < -0.3 is 14.0 Å². The molecule has 23 heavy (non-hydrogen) atoms. The summed E-state index contributed by atoms with van der Waals surface area (Å²) in [5.41, 5.74) is 0.416. The standard InChI is InChI=1S/C15H11BrN2O4S/c1-20-15(19)9-3-2-4-11(5-9)21-7-13-17-14(18-22-13)12-6-10(16)8-23-12/h2-6,8H,7H2,1H3. The summed E-state index contributed by atoms with van der Waals surface area (Å²) in [5, 5.41) is 5.87. The van der Waals surface area contributed by atoms with Gasteiger partial charge in [-0.2, -0.15) is 4.98 Å². The smallest absolute Gasteiger partial charge is 0.337 e. The Bertz CT molecular complexity index is 830. The molecule has 0 unspecified atom stereocenters. The Labute approximate surface area is 144 Å². The predicted molar refractivity (Wildman–Crippen MR) is 87.4 cm³/mol. The summed E-state index contributed by atoms with van der Waals surface area (Å²) in [7, 11) is 1.33. The number of methoxy groups -OCH3 is 1. The highest BCUT2D eigenvalue weighted by Crippen LogP contribution is 2.27. The van der Waals surface area contributed by atoms with Crippen molar-refractivity contribution in [2.45, 2.75) is 6.61 Å². The van der Waals surface area contributed by atoms with Gasteiger partial charge in [-0.05, 0) is 40.2 Å². The average molecular weight is 395 g/mol. The third kappa shape index (κ3) is 3.77. The van der Waals surface area contributed by atoms with Crippen LogP contribution in [0.15, 0.2) is 44.7 Å². The summed E-state index contributed by atoms with van der Waals surface area (Å²) < 4.78 is 16.4. The normalized spacial score (nSPS) is 10.5. The molecule has 0 aliphatic heterocycles. The van der Waals surface area contributed by atoms with E-state index in [0.29, 0.717) is 23.0 Å². The van der Waals surface area contributed by atoms with Crippen molar-refractivity contribution in [1.29, 1.82) is 0 Å². The third-order valence-corrected chi connectivity index (χ3v) is 4.56. The number of carbonyl (C=O) groups is 1. The van der Waals surface area contributed by atoms with Crippen molar-refractivity contribution in [3.8, 4) is 16.5 Å². The van der Waals surface area contributed by atoms with E-state index < -0.39 is 5.97 Å². The second-order valence-corrected chi connectivity index (χ2v) is 6.28. The van der Waals surface area contributed by atoms with Crippen LogP contribution in [0.4, 0.5) is 0 Å². The first-order chi connectivity index (χ1) is 11.2. The molecule has 0 saturated heterocycles. The van der Waals surface area contributed by atoms with E-state index >= 15 is 0 Å². The van der Waals surface area contributed by atoms with Crippen molar-refractivity contribution in [2.24, 2.45) is 0 Å². The van der Waals surface area contributed by atoms with Crippen LogP contribution in [0.5, 0.6) is 5.75 Å². The highest BCUT2D eigenvalue weighted by atomic mass is 79.9. The molecule has 0 spiro atoms. The summed E-state index contributed by atoms with van der Waals surface area (Å²) in [5.74, 6) is 0.973.